The molecule has 2 aromatic heterocycles. The van der Waals surface area contributed by atoms with Gasteiger partial charge in [0.05, 0.1) is 36.6 Å². The molecular formula is C28H28N2O4S2. The SMILES string of the molecule is COc1ccc(C(=O)CSc2nc3sc4c(c3c(=O)n2-c2cc(C)cc(C)c2)CCCC4)c(OC)c1. The Hall–Kier alpha value is -3.10. The largest absolute Gasteiger partial charge is 0.497 e. The van der Waals surface area contributed by atoms with Crippen LogP contribution < -0.4 is 15.0 Å². The van der Waals surface area contributed by atoms with Crippen LogP contribution in [0.3, 0.4) is 0 Å². The Labute approximate surface area is 218 Å². The number of thioether (sulfide) groups is 1. The Kier molecular flexibility index (Phi) is 6.90. The molecule has 0 radical (unpaired) electrons. The molecule has 2 aromatic carbocycles. The van der Waals surface area contributed by atoms with Gasteiger partial charge in [0.25, 0.3) is 5.56 Å². The van der Waals surface area contributed by atoms with E-state index in [9.17, 15) is 9.59 Å². The zero-order chi connectivity index (χ0) is 25.4. The van der Waals surface area contributed by atoms with E-state index in [4.69, 9.17) is 14.5 Å². The third-order valence-corrected chi connectivity index (χ3v) is 8.59. The first kappa shape index (κ1) is 24.6. The molecule has 1 aliphatic rings. The zero-order valence-corrected chi connectivity index (χ0v) is 22.5. The van der Waals surface area contributed by atoms with Gasteiger partial charge in [-0.3, -0.25) is 14.2 Å². The lowest BCUT2D eigenvalue weighted by atomic mass is 9.97. The molecule has 0 spiro atoms. The standard InChI is InChI=1S/C28H28N2O4S2/c1-16-11-17(2)13-18(12-16)30-27(32)25-21-7-5-6-8-24(21)36-26(25)29-28(30)35-15-22(31)20-10-9-19(33-3)14-23(20)34-4/h9-14H,5-8,15H2,1-4H3. The fraction of sp³-hybridized carbons (Fsp3) is 0.321. The first-order valence-electron chi connectivity index (χ1n) is 11.9. The van der Waals surface area contributed by atoms with Gasteiger partial charge in [-0.25, -0.2) is 4.98 Å². The van der Waals surface area contributed by atoms with Gasteiger partial charge in [-0.1, -0.05) is 17.8 Å². The number of ketones is 1. The monoisotopic (exact) mass is 520 g/mol. The Bertz CT molecular complexity index is 1520. The molecule has 2 heterocycles. The number of benzene rings is 2. The summed E-state index contributed by atoms with van der Waals surface area (Å²) in [4.78, 5) is 34.2. The van der Waals surface area contributed by atoms with Gasteiger partial charge in [0, 0.05) is 10.9 Å². The van der Waals surface area contributed by atoms with Crippen molar-refractivity contribution in [1.29, 1.82) is 0 Å². The van der Waals surface area contributed by atoms with E-state index in [2.05, 4.69) is 6.07 Å². The number of carbonyl (C=O) groups is 1. The van der Waals surface area contributed by atoms with E-state index in [1.165, 1.54) is 23.7 Å². The maximum atomic E-state index is 14.0. The number of hydrogen-bond acceptors (Lipinski definition) is 7. The number of aromatic nitrogens is 2. The summed E-state index contributed by atoms with van der Waals surface area (Å²) in [6.45, 7) is 4.04. The second-order valence-corrected chi connectivity index (χ2v) is 11.1. The first-order valence-corrected chi connectivity index (χ1v) is 13.7. The van der Waals surface area contributed by atoms with Crippen LogP contribution in [0.25, 0.3) is 15.9 Å². The molecule has 0 bridgehead atoms. The van der Waals surface area contributed by atoms with Gasteiger partial charge < -0.3 is 9.47 Å². The molecule has 0 N–H and O–H groups in total. The summed E-state index contributed by atoms with van der Waals surface area (Å²) in [5, 5.41) is 1.26. The van der Waals surface area contributed by atoms with Crippen molar-refractivity contribution in [1.82, 2.24) is 9.55 Å². The number of rotatable bonds is 7. The number of aryl methyl sites for hydroxylation is 4. The Morgan fingerprint density at radius 3 is 2.53 bits per heavy atom. The molecule has 0 aliphatic heterocycles. The van der Waals surface area contributed by atoms with Crippen LogP contribution in [0, 0.1) is 13.8 Å². The minimum absolute atomic E-state index is 0.0543. The van der Waals surface area contributed by atoms with E-state index in [-0.39, 0.29) is 17.1 Å². The maximum absolute atomic E-state index is 14.0. The minimum Gasteiger partial charge on any atom is -0.497 e. The van der Waals surface area contributed by atoms with Crippen LogP contribution in [0.2, 0.25) is 0 Å². The smallest absolute Gasteiger partial charge is 0.267 e. The summed E-state index contributed by atoms with van der Waals surface area (Å²) in [7, 11) is 3.10. The number of fused-ring (bicyclic) bond motifs is 3. The van der Waals surface area contributed by atoms with Gasteiger partial charge in [0.15, 0.2) is 10.9 Å². The van der Waals surface area contributed by atoms with E-state index in [0.29, 0.717) is 22.2 Å². The zero-order valence-electron chi connectivity index (χ0n) is 20.8. The first-order chi connectivity index (χ1) is 17.4. The number of Topliss-reactive ketones (excluding diaryl/α,β-unsaturated/α-hetero) is 1. The fourth-order valence-electron chi connectivity index (χ4n) is 4.83. The van der Waals surface area contributed by atoms with Gasteiger partial charge >= 0.3 is 0 Å². The van der Waals surface area contributed by atoms with Crippen LogP contribution >= 0.6 is 23.1 Å². The van der Waals surface area contributed by atoms with Crippen molar-refractivity contribution in [2.24, 2.45) is 0 Å². The lowest BCUT2D eigenvalue weighted by Gasteiger charge is -2.15. The Morgan fingerprint density at radius 2 is 1.81 bits per heavy atom. The highest BCUT2D eigenvalue weighted by Gasteiger charge is 2.24. The molecule has 0 fully saturated rings. The molecule has 0 saturated heterocycles. The van der Waals surface area contributed by atoms with Crippen LogP contribution in [0.1, 0.15) is 44.8 Å². The van der Waals surface area contributed by atoms with Gasteiger partial charge in [0.1, 0.15) is 16.3 Å². The van der Waals surface area contributed by atoms with Gasteiger partial charge in [-0.15, -0.1) is 11.3 Å². The van der Waals surface area contributed by atoms with E-state index in [1.54, 1.807) is 41.2 Å². The molecule has 8 heteroatoms. The predicted molar refractivity (Wildman–Crippen MR) is 146 cm³/mol. The molecule has 0 saturated carbocycles. The molecular weight excluding hydrogens is 492 g/mol. The summed E-state index contributed by atoms with van der Waals surface area (Å²) in [5.41, 5.74) is 4.49. The van der Waals surface area contributed by atoms with Crippen LogP contribution in [-0.2, 0) is 12.8 Å². The van der Waals surface area contributed by atoms with Crippen LogP contribution in [0.15, 0.2) is 46.3 Å². The molecule has 0 amide bonds. The topological polar surface area (TPSA) is 70.4 Å². The molecule has 5 rings (SSSR count). The van der Waals surface area contributed by atoms with Crippen molar-refractivity contribution in [2.75, 3.05) is 20.0 Å². The summed E-state index contributed by atoms with van der Waals surface area (Å²) in [6.07, 6.45) is 4.15. The average Bonchev–Trinajstić information content (AvgIpc) is 3.25. The van der Waals surface area contributed by atoms with Crippen molar-refractivity contribution in [2.45, 2.75) is 44.7 Å². The summed E-state index contributed by atoms with van der Waals surface area (Å²) >= 11 is 2.91. The molecule has 4 aromatic rings. The number of methoxy groups -OCH3 is 2. The maximum Gasteiger partial charge on any atom is 0.267 e. The highest BCUT2D eigenvalue weighted by Crippen LogP contribution is 2.36. The number of thiophene rings is 1. The molecule has 0 atom stereocenters. The average molecular weight is 521 g/mol. The predicted octanol–water partition coefficient (Wildman–Crippen LogP) is 5.94. The molecule has 6 nitrogen and oxygen atoms in total. The van der Waals surface area contributed by atoms with Crippen molar-refractivity contribution in [3.8, 4) is 17.2 Å². The summed E-state index contributed by atoms with van der Waals surface area (Å²) in [6, 6.07) is 11.2. The molecule has 36 heavy (non-hydrogen) atoms. The van der Waals surface area contributed by atoms with E-state index < -0.39 is 0 Å². The second-order valence-electron chi connectivity index (χ2n) is 9.05. The minimum atomic E-state index is -0.105. The molecule has 186 valence electrons. The van der Waals surface area contributed by atoms with Crippen molar-refractivity contribution >= 4 is 39.1 Å². The lowest BCUT2D eigenvalue weighted by molar-refractivity contribution is 0.101. The second kappa shape index (κ2) is 10.1. The van der Waals surface area contributed by atoms with Crippen LogP contribution in [0.5, 0.6) is 11.5 Å². The summed E-state index contributed by atoms with van der Waals surface area (Å²) in [5.74, 6) is 1.09. The third kappa shape index (κ3) is 4.55. The Balaban J connectivity index is 1.59. The van der Waals surface area contributed by atoms with Crippen molar-refractivity contribution < 1.29 is 14.3 Å². The molecule has 1 aliphatic carbocycles. The lowest BCUT2D eigenvalue weighted by Crippen LogP contribution is -2.23. The molecule has 0 unspecified atom stereocenters. The number of hydrogen-bond donors (Lipinski definition) is 0. The van der Waals surface area contributed by atoms with Crippen LogP contribution in [-0.4, -0.2) is 35.3 Å². The van der Waals surface area contributed by atoms with Gasteiger partial charge in [-0.05, 0) is 80.5 Å². The van der Waals surface area contributed by atoms with Crippen molar-refractivity contribution in [3.05, 3.63) is 73.9 Å². The Morgan fingerprint density at radius 1 is 1.06 bits per heavy atom. The van der Waals surface area contributed by atoms with E-state index in [0.717, 1.165) is 58.3 Å². The highest BCUT2D eigenvalue weighted by molar-refractivity contribution is 7.99. The van der Waals surface area contributed by atoms with E-state index >= 15 is 0 Å². The number of ether oxygens (including phenoxy) is 2. The third-order valence-electron chi connectivity index (χ3n) is 6.46. The fourth-order valence-corrected chi connectivity index (χ4v) is 7.03. The van der Waals surface area contributed by atoms with Gasteiger partial charge in [0.2, 0.25) is 0 Å². The number of nitrogens with zero attached hydrogens (tertiary/aromatic N) is 2. The van der Waals surface area contributed by atoms with E-state index in [1.807, 2.05) is 26.0 Å². The summed E-state index contributed by atoms with van der Waals surface area (Å²) < 4.78 is 12.4. The van der Waals surface area contributed by atoms with Gasteiger partial charge in [-0.2, -0.15) is 0 Å². The van der Waals surface area contributed by atoms with Crippen LogP contribution in [0.4, 0.5) is 0 Å². The normalized spacial score (nSPS) is 13.0. The number of carbonyl (C=O) groups excluding carboxylic acids is 1. The highest BCUT2D eigenvalue weighted by atomic mass is 32.2. The van der Waals surface area contributed by atoms with Crippen molar-refractivity contribution in [3.63, 3.8) is 0 Å². The quantitative estimate of drug-likeness (QED) is 0.171.